The summed E-state index contributed by atoms with van der Waals surface area (Å²) in [6.45, 7) is 0.902. The summed E-state index contributed by atoms with van der Waals surface area (Å²) in [6, 6.07) is 3.25. The van der Waals surface area contributed by atoms with Crippen LogP contribution in [0.1, 0.15) is 0 Å². The second-order valence-electron chi connectivity index (χ2n) is 2.95. The molecule has 0 saturated carbocycles. The lowest BCUT2D eigenvalue weighted by atomic mass is 10.4. The maximum atomic E-state index is 11.2. The summed E-state index contributed by atoms with van der Waals surface area (Å²) in [5.41, 5.74) is 0. The van der Waals surface area contributed by atoms with E-state index in [2.05, 4.69) is 10.3 Å². The molecule has 0 aliphatic heterocycles. The maximum Gasteiger partial charge on any atom is 0.258 e. The van der Waals surface area contributed by atoms with E-state index in [9.17, 15) is 4.79 Å². The number of ether oxygens (including phenoxy) is 2. The number of amides is 1. The average molecular weight is 245 g/mol. The van der Waals surface area contributed by atoms with E-state index < -0.39 is 0 Å². The van der Waals surface area contributed by atoms with Gasteiger partial charge in [-0.1, -0.05) is 11.6 Å². The van der Waals surface area contributed by atoms with E-state index in [1.807, 2.05) is 0 Å². The number of hydrogen-bond acceptors (Lipinski definition) is 4. The summed E-state index contributed by atoms with van der Waals surface area (Å²) in [5.74, 6) is 0.304. The molecule has 6 heteroatoms. The van der Waals surface area contributed by atoms with Gasteiger partial charge in [-0.2, -0.15) is 0 Å². The fourth-order valence-electron chi connectivity index (χ4n) is 0.940. The van der Waals surface area contributed by atoms with Crippen LogP contribution < -0.4 is 10.1 Å². The Bertz CT molecular complexity index is 329. The smallest absolute Gasteiger partial charge is 0.258 e. The molecule has 1 aromatic rings. The van der Waals surface area contributed by atoms with E-state index in [1.165, 1.54) is 6.20 Å². The van der Waals surface area contributed by atoms with Crippen LogP contribution in [0.15, 0.2) is 18.3 Å². The van der Waals surface area contributed by atoms with Gasteiger partial charge >= 0.3 is 0 Å². The van der Waals surface area contributed by atoms with Crippen LogP contribution in [0.25, 0.3) is 0 Å². The Labute approximate surface area is 98.7 Å². The van der Waals surface area contributed by atoms with Crippen molar-refractivity contribution in [1.82, 2.24) is 10.3 Å². The predicted molar refractivity (Wildman–Crippen MR) is 59.6 cm³/mol. The highest BCUT2D eigenvalue weighted by atomic mass is 35.5. The molecule has 0 aliphatic carbocycles. The highest BCUT2D eigenvalue weighted by Gasteiger charge is 2.01. The van der Waals surface area contributed by atoms with Crippen LogP contribution in [-0.2, 0) is 9.53 Å². The van der Waals surface area contributed by atoms with Crippen LogP contribution in [0.3, 0.4) is 0 Å². The van der Waals surface area contributed by atoms with E-state index in [1.54, 1.807) is 19.2 Å². The molecule has 0 radical (unpaired) electrons. The van der Waals surface area contributed by atoms with E-state index in [4.69, 9.17) is 21.1 Å². The zero-order valence-electron chi connectivity index (χ0n) is 8.90. The third kappa shape index (κ3) is 4.95. The van der Waals surface area contributed by atoms with Crippen LogP contribution >= 0.6 is 11.6 Å². The minimum Gasteiger partial charge on any atom is -0.482 e. The molecule has 0 saturated heterocycles. The molecule has 88 valence electrons. The zero-order chi connectivity index (χ0) is 11.8. The number of carbonyl (C=O) groups excluding carboxylic acids is 1. The molecule has 16 heavy (non-hydrogen) atoms. The highest BCUT2D eigenvalue weighted by molar-refractivity contribution is 6.29. The zero-order valence-corrected chi connectivity index (χ0v) is 9.66. The summed E-state index contributed by atoms with van der Waals surface area (Å²) in [7, 11) is 1.57. The number of hydrogen-bond donors (Lipinski definition) is 1. The first kappa shape index (κ1) is 12.7. The van der Waals surface area contributed by atoms with E-state index >= 15 is 0 Å². The number of nitrogens with zero attached hydrogens (tertiary/aromatic N) is 1. The van der Waals surface area contributed by atoms with Crippen LogP contribution in [0.2, 0.25) is 5.15 Å². The van der Waals surface area contributed by atoms with Crippen molar-refractivity contribution in [2.24, 2.45) is 0 Å². The second-order valence-corrected chi connectivity index (χ2v) is 3.34. The molecule has 1 aromatic heterocycles. The third-order valence-electron chi connectivity index (χ3n) is 1.70. The van der Waals surface area contributed by atoms with Crippen molar-refractivity contribution < 1.29 is 14.3 Å². The van der Waals surface area contributed by atoms with Gasteiger partial charge < -0.3 is 14.8 Å². The van der Waals surface area contributed by atoms with Crippen molar-refractivity contribution >= 4 is 17.5 Å². The van der Waals surface area contributed by atoms with Gasteiger partial charge in [-0.3, -0.25) is 4.79 Å². The largest absolute Gasteiger partial charge is 0.482 e. The van der Waals surface area contributed by atoms with Crippen LogP contribution in [0, 0.1) is 0 Å². The van der Waals surface area contributed by atoms with E-state index in [0.29, 0.717) is 24.1 Å². The van der Waals surface area contributed by atoms with Gasteiger partial charge in [-0.05, 0) is 12.1 Å². The molecular weight excluding hydrogens is 232 g/mol. The minimum absolute atomic E-state index is 0.0486. The molecule has 1 heterocycles. The van der Waals surface area contributed by atoms with Gasteiger partial charge in [0.1, 0.15) is 10.9 Å². The van der Waals surface area contributed by atoms with Crippen molar-refractivity contribution in [1.29, 1.82) is 0 Å². The van der Waals surface area contributed by atoms with Crippen molar-refractivity contribution in [3.63, 3.8) is 0 Å². The van der Waals surface area contributed by atoms with Gasteiger partial charge in [0.15, 0.2) is 6.61 Å². The SMILES string of the molecule is COCCNC(=O)COc1ccc(Cl)nc1. The standard InChI is InChI=1S/C10H13ClN2O3/c1-15-5-4-12-10(14)7-16-8-2-3-9(11)13-6-8/h2-3,6H,4-5,7H2,1H3,(H,12,14). The molecule has 0 atom stereocenters. The number of rotatable bonds is 6. The van der Waals surface area contributed by atoms with Crippen LogP contribution in [-0.4, -0.2) is 37.8 Å². The Morgan fingerprint density at radius 1 is 1.56 bits per heavy atom. The first-order valence-electron chi connectivity index (χ1n) is 4.72. The number of halogens is 1. The van der Waals surface area contributed by atoms with Crippen molar-refractivity contribution in [3.05, 3.63) is 23.5 Å². The molecule has 1 N–H and O–H groups in total. The summed E-state index contributed by atoms with van der Waals surface area (Å²) in [6.07, 6.45) is 1.46. The molecule has 0 unspecified atom stereocenters. The van der Waals surface area contributed by atoms with Crippen molar-refractivity contribution in [2.75, 3.05) is 26.9 Å². The summed E-state index contributed by atoms with van der Waals surface area (Å²) in [5, 5.41) is 3.02. The molecule has 0 fully saturated rings. The van der Waals surface area contributed by atoms with Crippen LogP contribution in [0.4, 0.5) is 0 Å². The Balaban J connectivity index is 2.23. The average Bonchev–Trinajstić information content (AvgIpc) is 2.29. The molecule has 0 aliphatic rings. The predicted octanol–water partition coefficient (Wildman–Crippen LogP) is 0.876. The van der Waals surface area contributed by atoms with Gasteiger partial charge in [0.2, 0.25) is 0 Å². The number of aromatic nitrogens is 1. The fraction of sp³-hybridized carbons (Fsp3) is 0.400. The lowest BCUT2D eigenvalue weighted by Gasteiger charge is -2.06. The quantitative estimate of drug-likeness (QED) is 0.596. The van der Waals surface area contributed by atoms with Gasteiger partial charge in [-0.15, -0.1) is 0 Å². The van der Waals surface area contributed by atoms with Gasteiger partial charge in [0.05, 0.1) is 12.8 Å². The van der Waals surface area contributed by atoms with Crippen molar-refractivity contribution in [2.45, 2.75) is 0 Å². The maximum absolute atomic E-state index is 11.2. The van der Waals surface area contributed by atoms with Gasteiger partial charge in [0, 0.05) is 13.7 Å². The normalized spacial score (nSPS) is 9.88. The molecule has 1 rings (SSSR count). The number of carbonyl (C=O) groups is 1. The second kappa shape index (κ2) is 7.03. The first-order chi connectivity index (χ1) is 7.72. The number of methoxy groups -OCH3 is 1. The Kier molecular flexibility index (Phi) is 5.60. The molecule has 0 spiro atoms. The van der Waals surface area contributed by atoms with Crippen molar-refractivity contribution in [3.8, 4) is 5.75 Å². The third-order valence-corrected chi connectivity index (χ3v) is 1.92. The molecule has 0 aromatic carbocycles. The number of pyridine rings is 1. The summed E-state index contributed by atoms with van der Waals surface area (Å²) in [4.78, 5) is 15.0. The lowest BCUT2D eigenvalue weighted by molar-refractivity contribution is -0.123. The first-order valence-corrected chi connectivity index (χ1v) is 5.10. The topological polar surface area (TPSA) is 60.5 Å². The van der Waals surface area contributed by atoms with E-state index in [-0.39, 0.29) is 12.5 Å². The Morgan fingerprint density at radius 3 is 3.00 bits per heavy atom. The molecule has 5 nitrogen and oxygen atoms in total. The highest BCUT2D eigenvalue weighted by Crippen LogP contribution is 2.11. The molecule has 0 bridgehead atoms. The van der Waals surface area contributed by atoms with Gasteiger partial charge in [0.25, 0.3) is 5.91 Å². The van der Waals surface area contributed by atoms with Gasteiger partial charge in [-0.25, -0.2) is 4.98 Å². The summed E-state index contributed by atoms with van der Waals surface area (Å²) < 4.78 is 9.97. The van der Waals surface area contributed by atoms with Crippen LogP contribution in [0.5, 0.6) is 5.75 Å². The fourth-order valence-corrected chi connectivity index (χ4v) is 1.05. The Morgan fingerprint density at radius 2 is 2.38 bits per heavy atom. The molecular formula is C10H13ClN2O3. The monoisotopic (exact) mass is 244 g/mol. The summed E-state index contributed by atoms with van der Waals surface area (Å²) >= 11 is 5.60. The minimum atomic E-state index is -0.202. The molecule has 1 amide bonds. The number of nitrogens with one attached hydrogen (secondary N) is 1. The van der Waals surface area contributed by atoms with E-state index in [0.717, 1.165) is 0 Å². The Hall–Kier alpha value is -1.33. The lowest BCUT2D eigenvalue weighted by Crippen LogP contribution is -2.31.